The Kier molecular flexibility index (Phi) is 6.44. The number of anilines is 1. The Morgan fingerprint density at radius 3 is 2.59 bits per heavy atom. The highest BCUT2D eigenvalue weighted by molar-refractivity contribution is 6.17. The van der Waals surface area contributed by atoms with E-state index in [0.29, 0.717) is 29.8 Å². The maximum Gasteiger partial charge on any atom is 0.230 e. The first-order chi connectivity index (χ1) is 13.1. The molecule has 0 saturated carbocycles. The molecule has 3 rings (SSSR count). The Morgan fingerprint density at radius 1 is 1.15 bits per heavy atom. The molecule has 0 bridgehead atoms. The zero-order valence-electron chi connectivity index (χ0n) is 14.5. The van der Waals surface area contributed by atoms with E-state index in [1.165, 1.54) is 30.5 Å². The van der Waals surface area contributed by atoms with Crippen LogP contribution in [0.4, 0.5) is 10.1 Å². The van der Waals surface area contributed by atoms with Gasteiger partial charge in [-0.25, -0.2) is 9.37 Å². The van der Waals surface area contributed by atoms with Gasteiger partial charge in [0.25, 0.3) is 0 Å². The second kappa shape index (κ2) is 9.19. The van der Waals surface area contributed by atoms with Gasteiger partial charge in [-0.2, -0.15) is 0 Å². The summed E-state index contributed by atoms with van der Waals surface area (Å²) in [5.41, 5.74) is 1.81. The van der Waals surface area contributed by atoms with Gasteiger partial charge in [-0.05, 0) is 55.0 Å². The zero-order valence-corrected chi connectivity index (χ0v) is 15.2. The summed E-state index contributed by atoms with van der Waals surface area (Å²) in [5, 5.41) is 2.69. The average molecular weight is 389 g/mol. The van der Waals surface area contributed by atoms with Crippen LogP contribution in [0.5, 0.6) is 5.75 Å². The van der Waals surface area contributed by atoms with Crippen molar-refractivity contribution in [2.45, 2.75) is 12.8 Å². The van der Waals surface area contributed by atoms with Crippen molar-refractivity contribution >= 4 is 23.2 Å². The number of oxazole rings is 1. The summed E-state index contributed by atoms with van der Waals surface area (Å²) >= 11 is 5.62. The molecular formula is C20H18ClFN2O3. The smallest absolute Gasteiger partial charge is 0.230 e. The summed E-state index contributed by atoms with van der Waals surface area (Å²) in [6.07, 6.45) is 2.29. The van der Waals surface area contributed by atoms with Gasteiger partial charge in [0, 0.05) is 17.1 Å². The van der Waals surface area contributed by atoms with Crippen LogP contribution in [0.2, 0.25) is 0 Å². The van der Waals surface area contributed by atoms with Crippen molar-refractivity contribution in [3.05, 3.63) is 66.3 Å². The Bertz CT molecular complexity index is 879. The normalized spacial score (nSPS) is 10.6. The van der Waals surface area contributed by atoms with Crippen LogP contribution in [0.1, 0.15) is 12.1 Å². The number of halogens is 2. The van der Waals surface area contributed by atoms with E-state index in [0.717, 1.165) is 17.7 Å². The molecule has 7 heteroatoms. The summed E-state index contributed by atoms with van der Waals surface area (Å²) in [6, 6.07) is 12.9. The number of hydrogen-bond donors (Lipinski definition) is 1. The van der Waals surface area contributed by atoms with Gasteiger partial charge in [0.05, 0.1) is 18.7 Å². The summed E-state index contributed by atoms with van der Waals surface area (Å²) in [6.45, 7) is 0.565. The number of nitrogens with zero attached hydrogens (tertiary/aromatic N) is 1. The first-order valence-corrected chi connectivity index (χ1v) is 8.96. The minimum atomic E-state index is -0.357. The molecule has 0 spiro atoms. The molecule has 3 aromatic rings. The molecule has 1 aromatic heterocycles. The average Bonchev–Trinajstić information content (AvgIpc) is 3.13. The van der Waals surface area contributed by atoms with Crippen LogP contribution in [0.15, 0.2) is 59.2 Å². The van der Waals surface area contributed by atoms with E-state index in [1.54, 1.807) is 0 Å². The van der Waals surface area contributed by atoms with Crippen molar-refractivity contribution in [1.82, 2.24) is 4.98 Å². The maximum atomic E-state index is 12.9. The van der Waals surface area contributed by atoms with Crippen LogP contribution in [-0.2, 0) is 11.2 Å². The molecule has 0 aliphatic heterocycles. The second-order valence-electron chi connectivity index (χ2n) is 5.79. The molecule has 0 atom stereocenters. The summed E-state index contributed by atoms with van der Waals surface area (Å²) in [5.74, 6) is 1.11. The van der Waals surface area contributed by atoms with Crippen LogP contribution in [-0.4, -0.2) is 23.4 Å². The Morgan fingerprint density at radius 2 is 1.89 bits per heavy atom. The number of carbonyl (C=O) groups is 1. The molecule has 27 heavy (non-hydrogen) atoms. The van der Waals surface area contributed by atoms with Crippen molar-refractivity contribution in [2.24, 2.45) is 0 Å². The van der Waals surface area contributed by atoms with Crippen LogP contribution >= 0.6 is 11.6 Å². The van der Waals surface area contributed by atoms with Gasteiger partial charge in [-0.1, -0.05) is 0 Å². The van der Waals surface area contributed by atoms with E-state index in [1.807, 2.05) is 24.3 Å². The lowest BCUT2D eigenvalue weighted by atomic mass is 10.2. The fraction of sp³-hybridized carbons (Fsp3) is 0.200. The molecule has 0 saturated heterocycles. The fourth-order valence-electron chi connectivity index (χ4n) is 2.36. The van der Waals surface area contributed by atoms with E-state index in [4.69, 9.17) is 20.8 Å². The van der Waals surface area contributed by atoms with Crippen LogP contribution < -0.4 is 10.1 Å². The molecule has 0 unspecified atom stereocenters. The molecular weight excluding hydrogens is 371 g/mol. The Hall–Kier alpha value is -2.86. The lowest BCUT2D eigenvalue weighted by Gasteiger charge is -2.05. The van der Waals surface area contributed by atoms with Gasteiger partial charge in [0.15, 0.2) is 0 Å². The van der Waals surface area contributed by atoms with Crippen molar-refractivity contribution in [2.75, 3.05) is 17.8 Å². The quantitative estimate of drug-likeness (QED) is 0.450. The topological polar surface area (TPSA) is 64.4 Å². The number of nitrogens with one attached hydrogen (secondary N) is 1. The molecule has 0 fully saturated rings. The van der Waals surface area contributed by atoms with Crippen LogP contribution in [0.25, 0.3) is 11.5 Å². The van der Waals surface area contributed by atoms with Gasteiger partial charge in [-0.15, -0.1) is 11.6 Å². The molecule has 5 nitrogen and oxygen atoms in total. The second-order valence-corrected chi connectivity index (χ2v) is 6.17. The number of carbonyl (C=O) groups excluding carboxylic acids is 1. The predicted molar refractivity (Wildman–Crippen MR) is 102 cm³/mol. The van der Waals surface area contributed by atoms with Gasteiger partial charge in [0.1, 0.15) is 17.8 Å². The molecule has 0 radical (unpaired) electrons. The van der Waals surface area contributed by atoms with E-state index in [-0.39, 0.29) is 18.1 Å². The number of aromatic nitrogens is 1. The summed E-state index contributed by atoms with van der Waals surface area (Å²) in [7, 11) is 0. The molecule has 0 aliphatic rings. The van der Waals surface area contributed by atoms with Crippen LogP contribution in [0.3, 0.4) is 0 Å². The standard InChI is InChI=1S/C20H18ClFN2O3/c21-10-1-11-26-18-8-2-14(3-9-18)20-24-17(13-27-20)12-19(25)23-16-6-4-15(22)5-7-16/h2-9,13H,1,10-12H2,(H,23,25). The molecule has 1 N–H and O–H groups in total. The van der Waals surface area contributed by atoms with E-state index < -0.39 is 0 Å². The third-order valence-corrected chi connectivity index (χ3v) is 3.94. The number of rotatable bonds is 8. The molecule has 1 amide bonds. The third kappa shape index (κ3) is 5.56. The molecule has 2 aromatic carbocycles. The van der Waals surface area contributed by atoms with Gasteiger partial charge >= 0.3 is 0 Å². The van der Waals surface area contributed by atoms with Gasteiger partial charge in [0.2, 0.25) is 11.8 Å². The number of hydrogen-bond acceptors (Lipinski definition) is 4. The number of amides is 1. The highest BCUT2D eigenvalue weighted by Gasteiger charge is 2.11. The van der Waals surface area contributed by atoms with Gasteiger partial charge < -0.3 is 14.5 Å². The first-order valence-electron chi connectivity index (χ1n) is 8.43. The minimum Gasteiger partial charge on any atom is -0.494 e. The Balaban J connectivity index is 1.57. The number of benzene rings is 2. The van der Waals surface area contributed by atoms with Crippen molar-refractivity contribution in [1.29, 1.82) is 0 Å². The van der Waals surface area contributed by atoms with Crippen LogP contribution in [0, 0.1) is 5.82 Å². The molecule has 1 heterocycles. The number of alkyl halides is 1. The minimum absolute atomic E-state index is 0.0560. The van der Waals surface area contributed by atoms with Crippen molar-refractivity contribution in [3.8, 4) is 17.2 Å². The monoisotopic (exact) mass is 388 g/mol. The van der Waals surface area contributed by atoms with E-state index in [2.05, 4.69) is 10.3 Å². The van der Waals surface area contributed by atoms with Crippen molar-refractivity contribution < 1.29 is 18.3 Å². The largest absolute Gasteiger partial charge is 0.494 e. The van der Waals surface area contributed by atoms with E-state index >= 15 is 0 Å². The lowest BCUT2D eigenvalue weighted by molar-refractivity contribution is -0.115. The maximum absolute atomic E-state index is 12.9. The summed E-state index contributed by atoms with van der Waals surface area (Å²) in [4.78, 5) is 16.4. The Labute approximate surface area is 161 Å². The van der Waals surface area contributed by atoms with Crippen molar-refractivity contribution in [3.63, 3.8) is 0 Å². The predicted octanol–water partition coefficient (Wildman–Crippen LogP) is 4.67. The third-order valence-electron chi connectivity index (χ3n) is 3.67. The SMILES string of the molecule is O=C(Cc1coc(-c2ccc(OCCCCl)cc2)n1)Nc1ccc(F)cc1. The highest BCUT2D eigenvalue weighted by Crippen LogP contribution is 2.22. The molecule has 140 valence electrons. The highest BCUT2D eigenvalue weighted by atomic mass is 35.5. The first kappa shape index (κ1) is 18.9. The van der Waals surface area contributed by atoms with Gasteiger partial charge in [-0.3, -0.25) is 4.79 Å². The lowest BCUT2D eigenvalue weighted by Crippen LogP contribution is -2.14. The summed E-state index contributed by atoms with van der Waals surface area (Å²) < 4.78 is 23.9. The molecule has 0 aliphatic carbocycles. The number of ether oxygens (including phenoxy) is 1. The fourth-order valence-corrected chi connectivity index (χ4v) is 2.47. The van der Waals surface area contributed by atoms with E-state index in [9.17, 15) is 9.18 Å². The zero-order chi connectivity index (χ0) is 19.1.